The van der Waals surface area contributed by atoms with Crippen molar-refractivity contribution in [2.75, 3.05) is 54.1 Å². The Morgan fingerprint density at radius 3 is 1.74 bits per heavy atom. The average Bonchev–Trinajstić information content (AvgIpc) is 2.28. The number of nitrogens with two attached hydrogens (primary N) is 1. The van der Waals surface area contributed by atoms with Crippen molar-refractivity contribution in [3.8, 4) is 56.6 Å². The lowest BCUT2D eigenvalue weighted by Gasteiger charge is -2.28. The van der Waals surface area contributed by atoms with Crippen molar-refractivity contribution in [1.82, 2.24) is 34.6 Å². The maximum Gasteiger partial charge on any atom is 0.255 e. The zero-order valence-electron chi connectivity index (χ0n) is 47.0. The molecular formula is C64H49F4N11O6S2. The van der Waals surface area contributed by atoms with Gasteiger partial charge in [0.25, 0.3) is 11.8 Å². The van der Waals surface area contributed by atoms with Crippen LogP contribution in [0.1, 0.15) is 33.8 Å². The molecule has 0 aliphatic carbocycles. The van der Waals surface area contributed by atoms with Crippen LogP contribution >= 0.6 is 12.8 Å². The molecule has 8 heterocycles. The molecule has 17 nitrogen and oxygen atoms in total. The van der Waals surface area contributed by atoms with Gasteiger partial charge in [-0.1, -0.05) is 24.9 Å². The highest BCUT2D eigenvalue weighted by Crippen LogP contribution is 2.46. The summed E-state index contributed by atoms with van der Waals surface area (Å²) in [6.45, 7) is 1.97. The van der Waals surface area contributed by atoms with Crippen molar-refractivity contribution in [1.29, 1.82) is 0 Å². The normalized spacial score (nSPS) is 13.0. The minimum Gasteiger partial charge on any atom is -0.455 e. The van der Waals surface area contributed by atoms with Crippen LogP contribution in [0.4, 0.5) is 40.6 Å². The van der Waals surface area contributed by atoms with Gasteiger partial charge in [-0.25, -0.2) is 40.9 Å². The van der Waals surface area contributed by atoms with Gasteiger partial charge in [-0.15, -0.1) is 0 Å². The van der Waals surface area contributed by atoms with Crippen LogP contribution in [0.15, 0.2) is 154 Å². The third kappa shape index (κ3) is 9.32. The maximum atomic E-state index is 14.8. The monoisotopic (exact) mass is 1210 g/mol. The van der Waals surface area contributed by atoms with Gasteiger partial charge in [0.2, 0.25) is 16.0 Å². The molecule has 7 aromatic heterocycles. The third-order valence-electron chi connectivity index (χ3n) is 15.6. The Hall–Kier alpha value is -10.4. The largest absolute Gasteiger partial charge is 0.455 e. The van der Waals surface area contributed by atoms with Crippen molar-refractivity contribution in [3.63, 3.8) is 0 Å². The van der Waals surface area contributed by atoms with E-state index in [1.54, 1.807) is 94.6 Å². The van der Waals surface area contributed by atoms with Crippen LogP contribution in [0.3, 0.4) is 0 Å². The summed E-state index contributed by atoms with van der Waals surface area (Å²) in [6.07, 6.45) is 0.898. The van der Waals surface area contributed by atoms with Gasteiger partial charge in [-0.2, -0.15) is 0 Å². The number of anilines is 4. The second-order valence-corrected chi connectivity index (χ2v) is 23.4. The first-order chi connectivity index (χ1) is 41.7. The first kappa shape index (κ1) is 55.8. The Morgan fingerprint density at radius 1 is 0.644 bits per heavy atom. The number of benzene rings is 6. The lowest BCUT2D eigenvalue weighted by molar-refractivity contribution is 0.0956. The number of nitrogen functional groups attached to an aromatic ring is 1. The molecule has 6 aromatic carbocycles. The quantitative estimate of drug-likeness (QED) is 0.0675. The van der Waals surface area contributed by atoms with Crippen LogP contribution in [0, 0.1) is 23.3 Å². The molecule has 14 rings (SSSR count). The van der Waals surface area contributed by atoms with E-state index in [2.05, 4.69) is 33.7 Å². The number of hydrogen-bond donors (Lipinski definition) is 5. The van der Waals surface area contributed by atoms with Crippen LogP contribution in [-0.2, 0) is 10.0 Å². The Kier molecular flexibility index (Phi) is 13.5. The number of sulfonamides is 1. The Morgan fingerprint density at radius 2 is 1.17 bits per heavy atom. The second kappa shape index (κ2) is 21.0. The van der Waals surface area contributed by atoms with Gasteiger partial charge in [-0.3, -0.25) is 18.3 Å². The molecule has 0 saturated carbocycles. The fourth-order valence-electron chi connectivity index (χ4n) is 11.4. The minimum absolute atomic E-state index is 0.186. The highest BCUT2D eigenvalue weighted by molar-refractivity contribution is 7.92. The van der Waals surface area contributed by atoms with Crippen molar-refractivity contribution in [2.45, 2.75) is 13.1 Å². The van der Waals surface area contributed by atoms with Crippen molar-refractivity contribution in [3.05, 3.63) is 180 Å². The molecule has 0 radical (unpaired) electrons. The predicted octanol–water partition coefficient (Wildman–Crippen LogP) is 13.4. The lowest BCUT2D eigenvalue weighted by atomic mass is 10.00. The van der Waals surface area contributed by atoms with E-state index in [-0.39, 0.29) is 52.2 Å². The van der Waals surface area contributed by atoms with E-state index in [9.17, 15) is 35.6 Å². The number of rotatable bonds is 9. The molecular weight excluding hydrogens is 1160 g/mol. The van der Waals surface area contributed by atoms with E-state index in [4.69, 9.17) is 24.5 Å². The number of thiol groups is 1. The van der Waals surface area contributed by atoms with Gasteiger partial charge in [0.1, 0.15) is 63.3 Å². The number of nitrogens with one attached hydrogen (secondary N) is 3. The predicted molar refractivity (Wildman–Crippen MR) is 334 cm³/mol. The van der Waals surface area contributed by atoms with Crippen LogP contribution in [0.2, 0.25) is 0 Å². The van der Waals surface area contributed by atoms with E-state index in [0.717, 1.165) is 16.2 Å². The van der Waals surface area contributed by atoms with E-state index >= 15 is 0 Å². The highest BCUT2D eigenvalue weighted by atomic mass is 32.2. The molecule has 0 saturated heterocycles. The maximum absolute atomic E-state index is 14.8. The smallest absolute Gasteiger partial charge is 0.255 e. The summed E-state index contributed by atoms with van der Waals surface area (Å²) < 4.78 is 101. The summed E-state index contributed by atoms with van der Waals surface area (Å²) in [5.41, 5.74) is 16.5. The van der Waals surface area contributed by atoms with Crippen molar-refractivity contribution >= 4 is 118 Å². The first-order valence-corrected chi connectivity index (χ1v) is 29.2. The van der Waals surface area contributed by atoms with E-state index in [1.165, 1.54) is 69.7 Å². The van der Waals surface area contributed by atoms with Gasteiger partial charge in [-0.05, 0) is 128 Å². The van der Waals surface area contributed by atoms with Crippen LogP contribution in [-0.4, -0.2) is 78.6 Å². The van der Waals surface area contributed by atoms with Crippen molar-refractivity contribution in [2.24, 2.45) is 0 Å². The number of carbonyl (C=O) groups is 2. The molecule has 5 N–H and O–H groups in total. The van der Waals surface area contributed by atoms with E-state index in [0.29, 0.717) is 117 Å². The van der Waals surface area contributed by atoms with E-state index < -0.39 is 27.6 Å². The zero-order valence-corrected chi connectivity index (χ0v) is 48.7. The number of furan rings is 2. The van der Waals surface area contributed by atoms with Gasteiger partial charge < -0.3 is 39.4 Å². The molecule has 436 valence electrons. The summed E-state index contributed by atoms with van der Waals surface area (Å²) in [4.78, 5) is 40.9. The molecule has 0 bridgehead atoms. The Bertz CT molecular complexity index is 5160. The molecule has 23 heteroatoms. The molecule has 1 aliphatic rings. The SMILES string of the molecule is CNC(=O)c1c(-c2ccc(F)cc2)oc2cc(N(C)S(C)(=O)=O)c(-c3ccc4c(n3)-c3cc5c(F)cccc5n3C(C)N4)cc12.CNC(=O)c1c(-c2ccc(F)cc2)oc2cc(N(C)S)c(-c3ccc4nc(N)n5c6cccc(F)c6cc5c4n3)cc12. The lowest BCUT2D eigenvalue weighted by Crippen LogP contribution is -2.25. The van der Waals surface area contributed by atoms with Crippen LogP contribution in [0.25, 0.3) is 117 Å². The highest BCUT2D eigenvalue weighted by Gasteiger charge is 2.31. The fraction of sp³-hybridized carbons (Fsp3) is 0.109. The molecule has 1 unspecified atom stereocenters. The summed E-state index contributed by atoms with van der Waals surface area (Å²) in [5, 5.41) is 10.6. The van der Waals surface area contributed by atoms with Gasteiger partial charge in [0.15, 0.2) is 0 Å². The Balaban J connectivity index is 0.000000161. The van der Waals surface area contributed by atoms with Gasteiger partial charge in [0.05, 0.1) is 73.6 Å². The standard InChI is InChI=1S/C33H27F2N5O4S.C31H22F2N6O2S/c1-17-37-25-13-12-24(38-31(25)28-15-20-23(35)6-5-7-26(20)40(17)28)21-14-22-29(16-27(21)39(3)45(4,42)43)44-32(30(22)33(41)36-2)18-8-10-19(34)11-9-18;1-35-30(40)27-19-12-18(24(38(2)42)14-26(19)41-29(27)15-6-8-16(32)9-7-15)21-10-11-22-28(36-21)25-13-17-20(33)4-3-5-23(17)39(25)31(34)37-22/h5-17,37H,1-4H3,(H,36,41);3-14,42H,1-2H3,(H2,34,37)(H,35,40). The number of aromatic nitrogens is 5. The molecule has 13 aromatic rings. The Labute approximate surface area is 498 Å². The van der Waals surface area contributed by atoms with Crippen LogP contribution < -0.4 is 30.3 Å². The summed E-state index contributed by atoms with van der Waals surface area (Å²) in [7, 11) is 2.46. The summed E-state index contributed by atoms with van der Waals surface area (Å²) >= 11 is 4.57. The molecule has 1 aliphatic heterocycles. The summed E-state index contributed by atoms with van der Waals surface area (Å²) in [6, 6.07) is 38.5. The van der Waals surface area contributed by atoms with E-state index in [1.807, 2.05) is 29.7 Å². The topological polar surface area (TPSA) is 211 Å². The molecule has 1 atom stereocenters. The number of carbonyl (C=O) groups excluding carboxylic acids is 2. The number of fused-ring (bicyclic) bond motifs is 12. The number of amides is 2. The molecule has 0 fully saturated rings. The second-order valence-electron chi connectivity index (χ2n) is 20.8. The number of nitrogens with zero attached hydrogens (tertiary/aromatic N) is 7. The van der Waals surface area contributed by atoms with Gasteiger partial charge >= 0.3 is 0 Å². The van der Waals surface area contributed by atoms with Gasteiger partial charge in [0, 0.05) is 84.1 Å². The zero-order chi connectivity index (χ0) is 61.1. The molecule has 2 amide bonds. The fourth-order valence-corrected chi connectivity index (χ4v) is 12.1. The molecule has 87 heavy (non-hydrogen) atoms. The molecule has 0 spiro atoms. The first-order valence-electron chi connectivity index (χ1n) is 27.0. The number of halogens is 4. The average molecular weight is 1210 g/mol. The summed E-state index contributed by atoms with van der Waals surface area (Å²) in [5.74, 6) is -1.63. The number of pyridine rings is 2. The van der Waals surface area contributed by atoms with Crippen LogP contribution in [0.5, 0.6) is 0 Å². The minimum atomic E-state index is -3.75. The van der Waals surface area contributed by atoms with Crippen molar-refractivity contribution < 1.29 is 44.4 Å². The number of hydrogen-bond acceptors (Lipinski definition) is 13. The third-order valence-corrected chi connectivity index (χ3v) is 17.0.